The number of hydrogen-bond acceptors (Lipinski definition) is 6. The van der Waals surface area contributed by atoms with Crippen LogP contribution in [-0.2, 0) is 22.4 Å². The maximum Gasteiger partial charge on any atom is 0.342 e. The highest BCUT2D eigenvalue weighted by molar-refractivity contribution is 5.97. The third-order valence-electron chi connectivity index (χ3n) is 8.75. The van der Waals surface area contributed by atoms with Crippen LogP contribution in [0.3, 0.4) is 0 Å². The molecule has 166 valence electrons. The molecule has 5 rings (SSSR count). The van der Waals surface area contributed by atoms with E-state index in [2.05, 4.69) is 0 Å². The van der Waals surface area contributed by atoms with Crippen molar-refractivity contribution >= 4 is 11.8 Å². The van der Waals surface area contributed by atoms with Gasteiger partial charge >= 0.3 is 5.97 Å². The van der Waals surface area contributed by atoms with Crippen molar-refractivity contribution in [2.45, 2.75) is 77.6 Å². The molecule has 0 spiro atoms. The van der Waals surface area contributed by atoms with Crippen LogP contribution in [0.15, 0.2) is 18.2 Å². The van der Waals surface area contributed by atoms with E-state index in [0.29, 0.717) is 24.2 Å². The first-order chi connectivity index (χ1) is 14.3. The van der Waals surface area contributed by atoms with Crippen LogP contribution in [0.4, 0.5) is 0 Å². The Balaban J connectivity index is 1.72. The molecule has 1 aromatic rings. The minimum Gasteiger partial charge on any atom is -0.507 e. The molecule has 2 N–H and O–H groups in total. The first kappa shape index (κ1) is 20.6. The zero-order valence-electron chi connectivity index (χ0n) is 18.7. The van der Waals surface area contributed by atoms with E-state index < -0.39 is 28.0 Å². The third kappa shape index (κ3) is 2.37. The fourth-order valence-electron chi connectivity index (χ4n) is 6.84. The second-order valence-corrected chi connectivity index (χ2v) is 10.8. The summed E-state index contributed by atoms with van der Waals surface area (Å²) in [6.45, 7) is 9.68. The lowest BCUT2D eigenvalue weighted by atomic mass is 9.44. The summed E-state index contributed by atoms with van der Waals surface area (Å²) in [6, 6.07) is 1.48. The fraction of sp³-hybridized carbons (Fsp3) is 0.600. The molecule has 6 heteroatoms. The molecular weight excluding hydrogens is 396 g/mol. The molecule has 0 amide bonds. The summed E-state index contributed by atoms with van der Waals surface area (Å²) in [5, 5.41) is 23.0. The van der Waals surface area contributed by atoms with Crippen molar-refractivity contribution in [1.82, 2.24) is 0 Å². The Morgan fingerprint density at radius 2 is 1.84 bits per heavy atom. The number of carbonyl (C=O) groups is 2. The minimum absolute atomic E-state index is 0.0439. The zero-order chi connectivity index (χ0) is 22.6. The van der Waals surface area contributed by atoms with E-state index in [1.807, 2.05) is 40.7 Å². The number of ether oxygens (including phenoxy) is 2. The lowest BCUT2D eigenvalue weighted by Gasteiger charge is -2.65. The Labute approximate surface area is 182 Å². The average molecular weight is 427 g/mol. The van der Waals surface area contributed by atoms with Crippen molar-refractivity contribution in [3.8, 4) is 11.5 Å². The van der Waals surface area contributed by atoms with Crippen LogP contribution in [0, 0.1) is 16.7 Å². The number of phenols is 1. The number of ketones is 1. The average Bonchev–Trinajstić information content (AvgIpc) is 2.65. The van der Waals surface area contributed by atoms with E-state index in [1.54, 1.807) is 6.08 Å². The number of rotatable bonds is 0. The molecule has 5 atom stereocenters. The number of hydrogen-bond donors (Lipinski definition) is 2. The summed E-state index contributed by atoms with van der Waals surface area (Å²) in [4.78, 5) is 25.2. The molecule has 2 aliphatic heterocycles. The minimum atomic E-state index is -1.29. The van der Waals surface area contributed by atoms with Crippen molar-refractivity contribution in [2.75, 3.05) is 0 Å². The van der Waals surface area contributed by atoms with Gasteiger partial charge < -0.3 is 19.7 Å². The van der Waals surface area contributed by atoms with Crippen molar-refractivity contribution in [1.29, 1.82) is 0 Å². The first-order valence-corrected chi connectivity index (χ1v) is 11.1. The topological polar surface area (TPSA) is 93.1 Å². The Bertz CT molecular complexity index is 1050. The molecule has 0 bridgehead atoms. The Kier molecular flexibility index (Phi) is 3.92. The SMILES string of the molecule is C[C@@H]1Cc2c3c(cc(O)c2C(=O)O1)O[C@]1(C)CC[C@H]2C(C)(C)C(=O)C=C[C@]2(C)[C@@]1(O)C3. The highest BCUT2D eigenvalue weighted by atomic mass is 16.5. The lowest BCUT2D eigenvalue weighted by molar-refractivity contribution is -0.241. The number of aromatic hydroxyl groups is 1. The molecule has 0 saturated heterocycles. The first-order valence-electron chi connectivity index (χ1n) is 11.1. The van der Waals surface area contributed by atoms with Crippen LogP contribution < -0.4 is 4.74 Å². The smallest absolute Gasteiger partial charge is 0.342 e. The van der Waals surface area contributed by atoms with E-state index in [1.165, 1.54) is 6.07 Å². The van der Waals surface area contributed by atoms with Gasteiger partial charge in [0.15, 0.2) is 5.78 Å². The molecule has 2 heterocycles. The van der Waals surface area contributed by atoms with Gasteiger partial charge in [0.25, 0.3) is 0 Å². The number of phenolic OH excluding ortho intramolecular Hbond substituents is 1. The van der Waals surface area contributed by atoms with E-state index in [-0.39, 0.29) is 35.5 Å². The van der Waals surface area contributed by atoms with Crippen molar-refractivity contribution in [2.24, 2.45) is 16.7 Å². The van der Waals surface area contributed by atoms with Gasteiger partial charge in [0, 0.05) is 35.3 Å². The van der Waals surface area contributed by atoms with Gasteiger partial charge in [-0.1, -0.05) is 26.8 Å². The summed E-state index contributed by atoms with van der Waals surface area (Å²) in [6.07, 6.45) is 5.23. The number of aliphatic hydroxyl groups is 1. The number of fused-ring (bicyclic) bond motifs is 6. The Morgan fingerprint density at radius 1 is 1.13 bits per heavy atom. The van der Waals surface area contributed by atoms with Crippen LogP contribution in [0.25, 0.3) is 0 Å². The number of cyclic esters (lactones) is 1. The van der Waals surface area contributed by atoms with Gasteiger partial charge in [-0.2, -0.15) is 0 Å². The summed E-state index contributed by atoms with van der Waals surface area (Å²) >= 11 is 0. The Morgan fingerprint density at radius 3 is 2.55 bits per heavy atom. The quantitative estimate of drug-likeness (QED) is 0.617. The number of benzene rings is 1. The van der Waals surface area contributed by atoms with Gasteiger partial charge in [-0.15, -0.1) is 0 Å². The van der Waals surface area contributed by atoms with Crippen molar-refractivity contribution in [3.63, 3.8) is 0 Å². The second-order valence-electron chi connectivity index (χ2n) is 10.8. The maximum absolute atomic E-state index is 12.7. The number of esters is 1. The van der Waals surface area contributed by atoms with Gasteiger partial charge in [0.1, 0.15) is 34.4 Å². The van der Waals surface area contributed by atoms with Crippen LogP contribution in [0.1, 0.15) is 68.9 Å². The van der Waals surface area contributed by atoms with Crippen molar-refractivity contribution < 1.29 is 29.3 Å². The summed E-state index contributed by atoms with van der Waals surface area (Å²) in [5.41, 5.74) is -1.86. The van der Waals surface area contributed by atoms with E-state index >= 15 is 0 Å². The van der Waals surface area contributed by atoms with E-state index in [4.69, 9.17) is 9.47 Å². The molecule has 0 aromatic heterocycles. The largest absolute Gasteiger partial charge is 0.507 e. The molecule has 1 fully saturated rings. The van der Waals surface area contributed by atoms with Crippen LogP contribution in [0.2, 0.25) is 0 Å². The lowest BCUT2D eigenvalue weighted by Crippen LogP contribution is -2.73. The predicted molar refractivity (Wildman–Crippen MR) is 113 cm³/mol. The van der Waals surface area contributed by atoms with Crippen LogP contribution in [-0.4, -0.2) is 39.3 Å². The summed E-state index contributed by atoms with van der Waals surface area (Å²) in [7, 11) is 0. The molecule has 1 saturated carbocycles. The molecule has 6 nitrogen and oxygen atoms in total. The van der Waals surface area contributed by atoms with E-state index in [0.717, 1.165) is 12.0 Å². The van der Waals surface area contributed by atoms with Crippen LogP contribution in [0.5, 0.6) is 11.5 Å². The molecule has 4 aliphatic rings. The molecular formula is C25H30O6. The van der Waals surface area contributed by atoms with Gasteiger partial charge in [-0.05, 0) is 44.2 Å². The fourth-order valence-corrected chi connectivity index (χ4v) is 6.84. The summed E-state index contributed by atoms with van der Waals surface area (Å²) in [5.74, 6) is -0.145. The Hall–Kier alpha value is -2.34. The monoisotopic (exact) mass is 426 g/mol. The standard InChI is InChI=1S/C25H30O6/c1-13-10-14-15-12-25(29)23(4)8-7-19(27)22(2,3)18(23)6-9-24(25,5)31-17(15)11-16(26)20(14)21(28)30-13/h7-8,11,13,18,26,29H,6,9-10,12H2,1-5H3/t13-,18+,23+,24-,25+/m1/s1. The van der Waals surface area contributed by atoms with Gasteiger partial charge in [0.05, 0.1) is 0 Å². The predicted octanol–water partition coefficient (Wildman–Crippen LogP) is 3.50. The maximum atomic E-state index is 12.7. The van der Waals surface area contributed by atoms with Gasteiger partial charge in [-0.25, -0.2) is 4.79 Å². The van der Waals surface area contributed by atoms with Gasteiger partial charge in [-0.3, -0.25) is 4.79 Å². The third-order valence-corrected chi connectivity index (χ3v) is 8.75. The molecule has 1 aromatic carbocycles. The highest BCUT2D eigenvalue weighted by Crippen LogP contribution is 2.64. The summed E-state index contributed by atoms with van der Waals surface area (Å²) < 4.78 is 11.8. The molecule has 0 unspecified atom stereocenters. The normalized spacial score (nSPS) is 40.1. The van der Waals surface area contributed by atoms with Crippen LogP contribution >= 0.6 is 0 Å². The van der Waals surface area contributed by atoms with E-state index in [9.17, 15) is 19.8 Å². The number of carbonyl (C=O) groups excluding carboxylic acids is 2. The second kappa shape index (κ2) is 5.91. The molecule has 31 heavy (non-hydrogen) atoms. The number of allylic oxidation sites excluding steroid dienone is 1. The zero-order valence-corrected chi connectivity index (χ0v) is 18.7. The molecule has 0 radical (unpaired) electrons. The van der Waals surface area contributed by atoms with Crippen molar-refractivity contribution in [3.05, 3.63) is 34.9 Å². The molecule has 2 aliphatic carbocycles. The van der Waals surface area contributed by atoms with Gasteiger partial charge in [0.2, 0.25) is 0 Å². The highest BCUT2D eigenvalue weighted by Gasteiger charge is 2.69.